The van der Waals surface area contributed by atoms with Crippen molar-refractivity contribution in [1.82, 2.24) is 4.90 Å². The first-order valence-electron chi connectivity index (χ1n) is 9.04. The number of methoxy groups -OCH3 is 2. The molecule has 0 atom stereocenters. The highest BCUT2D eigenvalue weighted by Gasteiger charge is 2.35. The molecule has 6 heteroatoms. The zero-order valence-corrected chi connectivity index (χ0v) is 16.9. The van der Waals surface area contributed by atoms with E-state index in [1.807, 2.05) is 48.5 Å². The second kappa shape index (κ2) is 8.01. The number of thioether (sulfide) groups is 1. The van der Waals surface area contributed by atoms with Gasteiger partial charge in [-0.25, -0.2) is 0 Å². The molecule has 0 saturated carbocycles. The molecule has 3 aromatic carbocycles. The van der Waals surface area contributed by atoms with E-state index >= 15 is 0 Å². The second-order valence-electron chi connectivity index (χ2n) is 6.56. The Balaban J connectivity index is 1.57. The molecule has 3 aromatic rings. The first-order chi connectivity index (χ1) is 14.1. The fraction of sp³-hybridized carbons (Fsp3) is 0.130. The van der Waals surface area contributed by atoms with Crippen LogP contribution in [0.3, 0.4) is 0 Å². The SMILES string of the molecule is COc1ccc(/C=C2\SC(=O)N(Cc3ccc4ccccc4c3)C2=O)cc1OC. The number of hydrogen-bond donors (Lipinski definition) is 0. The fourth-order valence-electron chi connectivity index (χ4n) is 3.25. The van der Waals surface area contributed by atoms with Crippen LogP contribution in [-0.4, -0.2) is 30.3 Å². The number of nitrogens with zero attached hydrogens (tertiary/aromatic N) is 1. The number of benzene rings is 3. The van der Waals surface area contributed by atoms with Crippen molar-refractivity contribution in [2.45, 2.75) is 6.54 Å². The molecule has 0 aliphatic carbocycles. The van der Waals surface area contributed by atoms with Crippen LogP contribution < -0.4 is 9.47 Å². The summed E-state index contributed by atoms with van der Waals surface area (Å²) in [5.41, 5.74) is 1.68. The van der Waals surface area contributed by atoms with Crippen molar-refractivity contribution in [3.8, 4) is 11.5 Å². The second-order valence-corrected chi connectivity index (χ2v) is 7.56. The van der Waals surface area contributed by atoms with E-state index in [4.69, 9.17) is 9.47 Å². The number of carbonyl (C=O) groups is 2. The van der Waals surface area contributed by atoms with Crippen LogP contribution in [0.25, 0.3) is 16.8 Å². The summed E-state index contributed by atoms with van der Waals surface area (Å²) >= 11 is 0.949. The van der Waals surface area contributed by atoms with Crippen molar-refractivity contribution >= 4 is 39.8 Å². The van der Waals surface area contributed by atoms with Gasteiger partial charge >= 0.3 is 0 Å². The van der Waals surface area contributed by atoms with E-state index in [1.54, 1.807) is 32.4 Å². The van der Waals surface area contributed by atoms with Crippen molar-refractivity contribution in [1.29, 1.82) is 0 Å². The molecule has 0 aromatic heterocycles. The Kier molecular flexibility index (Phi) is 5.27. The van der Waals surface area contributed by atoms with Gasteiger partial charge in [0.15, 0.2) is 11.5 Å². The van der Waals surface area contributed by atoms with E-state index < -0.39 is 0 Å². The van der Waals surface area contributed by atoms with Crippen LogP contribution in [0.4, 0.5) is 4.79 Å². The van der Waals surface area contributed by atoms with Gasteiger partial charge in [0.2, 0.25) is 0 Å². The summed E-state index contributed by atoms with van der Waals surface area (Å²) < 4.78 is 10.5. The molecular weight excluding hydrogens is 386 g/mol. The van der Waals surface area contributed by atoms with Gasteiger partial charge in [-0.2, -0.15) is 0 Å². The third kappa shape index (κ3) is 3.84. The molecule has 0 spiro atoms. The number of ether oxygens (including phenoxy) is 2. The topological polar surface area (TPSA) is 55.8 Å². The van der Waals surface area contributed by atoms with Crippen LogP contribution in [0.15, 0.2) is 65.6 Å². The number of fused-ring (bicyclic) bond motifs is 1. The molecule has 29 heavy (non-hydrogen) atoms. The maximum absolute atomic E-state index is 12.8. The minimum atomic E-state index is -0.289. The third-order valence-corrected chi connectivity index (χ3v) is 5.64. The quantitative estimate of drug-likeness (QED) is 0.553. The smallest absolute Gasteiger partial charge is 0.293 e. The minimum absolute atomic E-state index is 0.249. The summed E-state index contributed by atoms with van der Waals surface area (Å²) in [7, 11) is 3.12. The van der Waals surface area contributed by atoms with Gasteiger partial charge < -0.3 is 9.47 Å². The van der Waals surface area contributed by atoms with Gasteiger partial charge in [0.1, 0.15) is 0 Å². The highest BCUT2D eigenvalue weighted by atomic mass is 32.2. The zero-order chi connectivity index (χ0) is 20.4. The number of imide groups is 1. The Morgan fingerprint density at radius 2 is 1.66 bits per heavy atom. The summed E-state index contributed by atoms with van der Waals surface area (Å²) in [5, 5.41) is 1.94. The molecule has 2 amide bonds. The summed E-state index contributed by atoms with van der Waals surface area (Å²) in [5.74, 6) is 0.883. The highest BCUT2D eigenvalue weighted by Crippen LogP contribution is 2.35. The molecule has 5 nitrogen and oxygen atoms in total. The highest BCUT2D eigenvalue weighted by molar-refractivity contribution is 8.18. The van der Waals surface area contributed by atoms with E-state index in [9.17, 15) is 9.59 Å². The molecule has 1 aliphatic heterocycles. The zero-order valence-electron chi connectivity index (χ0n) is 16.0. The monoisotopic (exact) mass is 405 g/mol. The van der Waals surface area contributed by atoms with E-state index in [1.165, 1.54) is 4.90 Å². The van der Waals surface area contributed by atoms with Crippen LogP contribution in [-0.2, 0) is 11.3 Å². The number of amides is 2. The first kappa shape index (κ1) is 19.1. The first-order valence-corrected chi connectivity index (χ1v) is 9.86. The Morgan fingerprint density at radius 3 is 2.41 bits per heavy atom. The van der Waals surface area contributed by atoms with Gasteiger partial charge in [-0.15, -0.1) is 0 Å². The Bertz CT molecular complexity index is 1140. The van der Waals surface area contributed by atoms with Crippen LogP contribution in [0.2, 0.25) is 0 Å². The van der Waals surface area contributed by atoms with E-state index in [0.29, 0.717) is 16.4 Å². The molecule has 0 bridgehead atoms. The van der Waals surface area contributed by atoms with E-state index in [0.717, 1.165) is 33.7 Å². The molecule has 0 radical (unpaired) electrons. The maximum Gasteiger partial charge on any atom is 0.293 e. The predicted molar refractivity (Wildman–Crippen MR) is 115 cm³/mol. The molecule has 1 fully saturated rings. The van der Waals surface area contributed by atoms with Gasteiger partial charge in [0.05, 0.1) is 25.7 Å². The van der Waals surface area contributed by atoms with Gasteiger partial charge in [-0.05, 0) is 57.9 Å². The molecule has 1 saturated heterocycles. The molecule has 0 N–H and O–H groups in total. The van der Waals surface area contributed by atoms with Crippen LogP contribution in [0.1, 0.15) is 11.1 Å². The van der Waals surface area contributed by atoms with Crippen LogP contribution in [0.5, 0.6) is 11.5 Å². The Labute approximate surface area is 172 Å². The van der Waals surface area contributed by atoms with Crippen molar-refractivity contribution in [3.63, 3.8) is 0 Å². The Morgan fingerprint density at radius 1 is 0.897 bits per heavy atom. The number of rotatable bonds is 5. The van der Waals surface area contributed by atoms with E-state index in [2.05, 4.69) is 0 Å². The van der Waals surface area contributed by atoms with Gasteiger partial charge in [-0.1, -0.05) is 42.5 Å². The molecule has 1 heterocycles. The molecule has 4 rings (SSSR count). The summed E-state index contributed by atoms with van der Waals surface area (Å²) in [6, 6.07) is 19.3. The number of carbonyl (C=O) groups excluding carboxylic acids is 2. The van der Waals surface area contributed by atoms with Crippen molar-refractivity contribution in [2.24, 2.45) is 0 Å². The van der Waals surface area contributed by atoms with Crippen molar-refractivity contribution in [2.75, 3.05) is 14.2 Å². The van der Waals surface area contributed by atoms with Gasteiger partial charge in [0.25, 0.3) is 11.1 Å². The molecule has 146 valence electrons. The predicted octanol–water partition coefficient (Wildman–Crippen LogP) is 5.09. The normalized spacial score (nSPS) is 15.4. The lowest BCUT2D eigenvalue weighted by Gasteiger charge is -2.13. The fourth-order valence-corrected chi connectivity index (χ4v) is 4.09. The van der Waals surface area contributed by atoms with Crippen molar-refractivity contribution < 1.29 is 19.1 Å². The van der Waals surface area contributed by atoms with Gasteiger partial charge in [-0.3, -0.25) is 14.5 Å². The standard InChI is InChI=1S/C23H19NO4S/c1-27-19-10-8-15(12-20(19)28-2)13-21-22(25)24(23(26)29-21)14-16-7-9-17-5-3-4-6-18(17)11-16/h3-13H,14H2,1-2H3/b21-13-. The van der Waals surface area contributed by atoms with Crippen LogP contribution in [0, 0.1) is 0 Å². The van der Waals surface area contributed by atoms with Gasteiger partial charge in [0, 0.05) is 0 Å². The lowest BCUT2D eigenvalue weighted by Crippen LogP contribution is -2.27. The summed E-state index contributed by atoms with van der Waals surface area (Å²) in [6.07, 6.45) is 1.70. The molecular formula is C23H19NO4S. The maximum atomic E-state index is 12.8. The van der Waals surface area contributed by atoms with Crippen LogP contribution >= 0.6 is 11.8 Å². The Hall–Kier alpha value is -3.25. The third-order valence-electron chi connectivity index (χ3n) is 4.73. The van der Waals surface area contributed by atoms with Crippen molar-refractivity contribution in [3.05, 3.63) is 76.7 Å². The number of hydrogen-bond acceptors (Lipinski definition) is 5. The molecule has 0 unspecified atom stereocenters. The lowest BCUT2D eigenvalue weighted by atomic mass is 10.1. The average Bonchev–Trinajstić information content (AvgIpc) is 3.00. The molecule has 1 aliphatic rings. The average molecular weight is 405 g/mol. The van der Waals surface area contributed by atoms with E-state index in [-0.39, 0.29) is 17.7 Å². The summed E-state index contributed by atoms with van der Waals surface area (Å²) in [6.45, 7) is 0.249. The largest absolute Gasteiger partial charge is 0.493 e. The minimum Gasteiger partial charge on any atom is -0.493 e. The summed E-state index contributed by atoms with van der Waals surface area (Å²) in [4.78, 5) is 27.0. The lowest BCUT2D eigenvalue weighted by molar-refractivity contribution is -0.123.